The van der Waals surface area contributed by atoms with Crippen LogP contribution in [0.4, 0.5) is 0 Å². The molecule has 0 saturated heterocycles. The minimum atomic E-state index is -0.0215. The van der Waals surface area contributed by atoms with Crippen molar-refractivity contribution in [2.75, 3.05) is 0 Å². The number of unbranched alkanes of at least 4 members (excludes halogenated alkanes) is 2. The molecule has 3 aliphatic rings. The smallest absolute Gasteiger partial charge is 0.127 e. The summed E-state index contributed by atoms with van der Waals surface area (Å²) < 4.78 is 6.51. The normalized spacial score (nSPS) is 35.9. The van der Waals surface area contributed by atoms with Gasteiger partial charge >= 0.3 is 0 Å². The van der Waals surface area contributed by atoms with E-state index in [-0.39, 0.29) is 11.0 Å². The molecule has 2 fully saturated rings. The lowest BCUT2D eigenvalue weighted by molar-refractivity contribution is -0.121. The second-order valence-corrected chi connectivity index (χ2v) is 8.87. The molecule has 1 aromatic rings. The minimum absolute atomic E-state index is 0.0215. The summed E-state index contributed by atoms with van der Waals surface area (Å²) >= 11 is 0. The number of phenols is 1. The van der Waals surface area contributed by atoms with Crippen molar-refractivity contribution in [3.63, 3.8) is 0 Å². The van der Waals surface area contributed by atoms with E-state index in [2.05, 4.69) is 33.8 Å². The number of aromatic hydroxyl groups is 1. The van der Waals surface area contributed by atoms with Gasteiger partial charge in [-0.15, -0.1) is 0 Å². The van der Waals surface area contributed by atoms with Gasteiger partial charge in [-0.2, -0.15) is 0 Å². The van der Waals surface area contributed by atoms with E-state index in [4.69, 9.17) is 4.74 Å². The molecule has 4 atom stereocenters. The van der Waals surface area contributed by atoms with Crippen LogP contribution < -0.4 is 4.74 Å². The van der Waals surface area contributed by atoms with Crippen LogP contribution in [0.2, 0.25) is 0 Å². The maximum Gasteiger partial charge on any atom is 0.127 e. The van der Waals surface area contributed by atoms with E-state index < -0.39 is 0 Å². The van der Waals surface area contributed by atoms with E-state index in [1.807, 2.05) is 6.07 Å². The maximum atomic E-state index is 10.7. The quantitative estimate of drug-likeness (QED) is 0.751. The van der Waals surface area contributed by atoms with E-state index in [9.17, 15) is 5.11 Å². The largest absolute Gasteiger partial charge is 0.508 e. The summed E-state index contributed by atoms with van der Waals surface area (Å²) in [4.78, 5) is 0. The number of hydrogen-bond acceptors (Lipinski definition) is 2. The molecular formula is C21H30O2. The van der Waals surface area contributed by atoms with Crippen LogP contribution in [-0.4, -0.2) is 10.7 Å². The van der Waals surface area contributed by atoms with Crippen LogP contribution in [-0.2, 0) is 6.42 Å². The van der Waals surface area contributed by atoms with Gasteiger partial charge in [0.15, 0.2) is 0 Å². The van der Waals surface area contributed by atoms with Crippen LogP contribution in [0.15, 0.2) is 12.1 Å². The number of benzene rings is 1. The van der Waals surface area contributed by atoms with Gasteiger partial charge in [-0.05, 0) is 61.6 Å². The number of hydrogen-bond donors (Lipinski definition) is 1. The lowest BCUT2D eigenvalue weighted by Crippen LogP contribution is -2.59. The second-order valence-electron chi connectivity index (χ2n) is 8.87. The topological polar surface area (TPSA) is 29.5 Å². The van der Waals surface area contributed by atoms with Crippen molar-refractivity contribution >= 4 is 0 Å². The molecule has 2 saturated carbocycles. The molecule has 0 radical (unpaired) electrons. The minimum Gasteiger partial charge on any atom is -0.508 e. The molecular weight excluding hydrogens is 284 g/mol. The fraction of sp³-hybridized carbons (Fsp3) is 0.714. The van der Waals surface area contributed by atoms with Crippen molar-refractivity contribution in [3.05, 3.63) is 23.3 Å². The first kappa shape index (κ1) is 15.4. The monoisotopic (exact) mass is 314 g/mol. The van der Waals surface area contributed by atoms with Crippen LogP contribution >= 0.6 is 0 Å². The summed E-state index contributed by atoms with van der Waals surface area (Å²) in [5.41, 5.74) is 2.58. The van der Waals surface area contributed by atoms with Crippen LogP contribution in [0.25, 0.3) is 0 Å². The highest BCUT2D eigenvalue weighted by Gasteiger charge is 2.69. The zero-order valence-electron chi connectivity index (χ0n) is 15.0. The first-order valence-electron chi connectivity index (χ1n) is 9.43. The summed E-state index contributed by atoms with van der Waals surface area (Å²) in [6.07, 6.45) is 7.12. The third-order valence-electron chi connectivity index (χ3n) is 7.11. The number of fused-ring (bicyclic) bond motifs is 2. The lowest BCUT2D eigenvalue weighted by atomic mass is 9.45. The first-order valence-corrected chi connectivity index (χ1v) is 9.43. The van der Waals surface area contributed by atoms with Crippen molar-refractivity contribution in [2.45, 2.75) is 77.7 Å². The van der Waals surface area contributed by atoms with Crippen LogP contribution in [0.5, 0.6) is 11.5 Å². The van der Waals surface area contributed by atoms with Crippen molar-refractivity contribution in [1.29, 1.82) is 0 Å². The zero-order valence-corrected chi connectivity index (χ0v) is 15.0. The van der Waals surface area contributed by atoms with Gasteiger partial charge in [-0.25, -0.2) is 0 Å². The number of ether oxygens (including phenoxy) is 1. The fourth-order valence-electron chi connectivity index (χ4n) is 5.92. The van der Waals surface area contributed by atoms with Gasteiger partial charge in [0.05, 0.1) is 0 Å². The molecule has 1 aliphatic heterocycles. The van der Waals surface area contributed by atoms with Crippen LogP contribution in [0.3, 0.4) is 0 Å². The third kappa shape index (κ3) is 1.99. The Morgan fingerprint density at radius 3 is 2.74 bits per heavy atom. The number of rotatable bonds is 4. The summed E-state index contributed by atoms with van der Waals surface area (Å²) in [5.74, 6) is 3.22. The fourth-order valence-corrected chi connectivity index (χ4v) is 5.92. The predicted molar refractivity (Wildman–Crippen MR) is 93.1 cm³/mol. The van der Waals surface area contributed by atoms with Crippen LogP contribution in [0.1, 0.15) is 76.8 Å². The lowest BCUT2D eigenvalue weighted by Gasteiger charge is -2.62. The molecule has 0 bridgehead atoms. The van der Waals surface area contributed by atoms with Gasteiger partial charge in [0, 0.05) is 17.4 Å². The highest BCUT2D eigenvalue weighted by atomic mass is 16.5. The molecule has 1 heterocycles. The van der Waals surface area contributed by atoms with Crippen molar-refractivity contribution in [3.8, 4) is 11.5 Å². The van der Waals surface area contributed by atoms with Gasteiger partial charge in [0.25, 0.3) is 0 Å². The number of aryl methyl sites for hydroxylation is 1. The average molecular weight is 314 g/mol. The molecule has 0 amide bonds. The summed E-state index contributed by atoms with van der Waals surface area (Å²) in [7, 11) is 0. The van der Waals surface area contributed by atoms with Gasteiger partial charge in [0.2, 0.25) is 0 Å². The van der Waals surface area contributed by atoms with Gasteiger partial charge < -0.3 is 9.84 Å². The van der Waals surface area contributed by atoms with Crippen LogP contribution in [0, 0.1) is 17.3 Å². The van der Waals surface area contributed by atoms with Gasteiger partial charge in [-0.3, -0.25) is 0 Å². The predicted octanol–water partition coefficient (Wildman–Crippen LogP) is 5.43. The average Bonchev–Trinajstić information content (AvgIpc) is 2.81. The SMILES string of the molecule is CCCCCc1cc(O)c2c(c1)O[C@]1(C)CCC3[C@@H]1C2C3(C)C. The Kier molecular flexibility index (Phi) is 3.28. The summed E-state index contributed by atoms with van der Waals surface area (Å²) in [6.45, 7) is 9.29. The molecule has 23 heavy (non-hydrogen) atoms. The molecule has 0 aromatic heterocycles. The second kappa shape index (κ2) is 4.91. The van der Waals surface area contributed by atoms with Gasteiger partial charge in [0.1, 0.15) is 17.1 Å². The van der Waals surface area contributed by atoms with Crippen molar-refractivity contribution in [2.24, 2.45) is 17.3 Å². The molecule has 4 rings (SSSR count). The Bertz CT molecular complexity index is 633. The Morgan fingerprint density at radius 1 is 1.22 bits per heavy atom. The van der Waals surface area contributed by atoms with Crippen molar-refractivity contribution < 1.29 is 9.84 Å². The molecule has 2 nitrogen and oxygen atoms in total. The Balaban J connectivity index is 1.73. The van der Waals surface area contributed by atoms with E-state index in [0.29, 0.717) is 17.6 Å². The van der Waals surface area contributed by atoms with Gasteiger partial charge in [-0.1, -0.05) is 33.6 Å². The first-order chi connectivity index (χ1) is 10.9. The molecule has 2 heteroatoms. The van der Waals surface area contributed by atoms with E-state index in [1.165, 1.54) is 31.2 Å². The maximum absolute atomic E-state index is 10.7. The third-order valence-corrected chi connectivity index (χ3v) is 7.11. The molecule has 1 N–H and O–H groups in total. The summed E-state index contributed by atoms with van der Waals surface area (Å²) in [6, 6.07) is 4.22. The van der Waals surface area contributed by atoms with E-state index >= 15 is 0 Å². The zero-order chi connectivity index (χ0) is 16.4. The van der Waals surface area contributed by atoms with Crippen molar-refractivity contribution in [1.82, 2.24) is 0 Å². The number of phenolic OH excluding ortho intramolecular Hbond substituents is 1. The summed E-state index contributed by atoms with van der Waals surface area (Å²) in [5, 5.41) is 10.7. The Hall–Kier alpha value is -1.18. The Morgan fingerprint density at radius 2 is 2.00 bits per heavy atom. The highest BCUT2D eigenvalue weighted by Crippen LogP contribution is 2.74. The van der Waals surface area contributed by atoms with E-state index in [1.54, 1.807) is 0 Å². The molecule has 126 valence electrons. The molecule has 2 unspecified atom stereocenters. The standard InChI is InChI=1S/C21H30O2/c1-5-6-7-8-13-11-15(22)17-16(12-13)23-21(4)10-9-14-18(21)19(17)20(14,2)3/h11-12,14,18-19,22H,5-10H2,1-4H3/t14?,18-,19?,21-/m1/s1. The highest BCUT2D eigenvalue weighted by molar-refractivity contribution is 5.55. The molecule has 1 aromatic carbocycles. The Labute approximate surface area is 140 Å². The molecule has 0 spiro atoms. The van der Waals surface area contributed by atoms with E-state index in [0.717, 1.165) is 30.1 Å². The molecule has 2 aliphatic carbocycles.